The first-order valence-corrected chi connectivity index (χ1v) is 8.94. The lowest BCUT2D eigenvalue weighted by atomic mass is 10.1. The zero-order chi connectivity index (χ0) is 15.7. The Balaban J connectivity index is 1.89. The van der Waals surface area contributed by atoms with Crippen molar-refractivity contribution in [3.8, 4) is 0 Å². The van der Waals surface area contributed by atoms with Gasteiger partial charge < -0.3 is 0 Å². The van der Waals surface area contributed by atoms with E-state index in [0.717, 1.165) is 20.7 Å². The predicted molar refractivity (Wildman–Crippen MR) is 95.3 cm³/mol. The van der Waals surface area contributed by atoms with Crippen LogP contribution >= 0.6 is 23.1 Å². The van der Waals surface area contributed by atoms with Gasteiger partial charge in [0.2, 0.25) is 0 Å². The summed E-state index contributed by atoms with van der Waals surface area (Å²) >= 11 is 3.13. The average Bonchev–Trinajstić information content (AvgIpc) is 2.90. The third kappa shape index (κ3) is 3.00. The van der Waals surface area contributed by atoms with Gasteiger partial charge in [-0.15, -0.1) is 11.8 Å². The summed E-state index contributed by atoms with van der Waals surface area (Å²) in [5.41, 5.74) is 3.96. The van der Waals surface area contributed by atoms with Crippen LogP contribution in [0, 0.1) is 13.8 Å². The highest BCUT2D eigenvalue weighted by atomic mass is 32.2. The normalized spacial score (nSPS) is 10.9. The minimum atomic E-state index is -0.121. The van der Waals surface area contributed by atoms with Crippen LogP contribution in [0.3, 0.4) is 0 Å². The molecule has 1 heterocycles. The van der Waals surface area contributed by atoms with Crippen LogP contribution in [0.2, 0.25) is 0 Å². The van der Waals surface area contributed by atoms with E-state index >= 15 is 0 Å². The zero-order valence-corrected chi connectivity index (χ0v) is 14.3. The molecule has 0 spiro atoms. The summed E-state index contributed by atoms with van der Waals surface area (Å²) in [5.74, 6) is -0.121. The number of hydrogen-bond acceptors (Lipinski definition) is 4. The minimum Gasteiger partial charge on any atom is -0.298 e. The van der Waals surface area contributed by atoms with Gasteiger partial charge >= 0.3 is 0 Å². The standard InChI is InChI=1S/C17H16N2OS2/c1-10-7-11(2)15-14(8-10)22-17(18-15)19-16(20)12-5-4-6-13(9-12)21-3/h4-9H,1-3H3,(H,18,19,20). The number of amides is 1. The van der Waals surface area contributed by atoms with Gasteiger partial charge in [-0.25, -0.2) is 4.98 Å². The molecule has 2 aromatic carbocycles. The Morgan fingerprint density at radius 2 is 2.05 bits per heavy atom. The number of nitrogens with one attached hydrogen (secondary N) is 1. The molecule has 0 radical (unpaired) electrons. The van der Waals surface area contributed by atoms with Crippen LogP contribution in [0.5, 0.6) is 0 Å². The number of hydrogen-bond donors (Lipinski definition) is 1. The highest BCUT2D eigenvalue weighted by Gasteiger charge is 2.11. The highest BCUT2D eigenvalue weighted by molar-refractivity contribution is 7.98. The fraction of sp³-hybridized carbons (Fsp3) is 0.176. The largest absolute Gasteiger partial charge is 0.298 e. The molecule has 0 saturated heterocycles. The SMILES string of the molecule is CSc1cccc(C(=O)Nc2nc3c(C)cc(C)cc3s2)c1. The summed E-state index contributed by atoms with van der Waals surface area (Å²) in [6, 6.07) is 11.8. The van der Waals surface area contributed by atoms with Gasteiger partial charge in [0.25, 0.3) is 5.91 Å². The molecule has 0 saturated carbocycles. The van der Waals surface area contributed by atoms with Gasteiger partial charge in [-0.3, -0.25) is 10.1 Å². The molecule has 0 unspecified atom stereocenters. The van der Waals surface area contributed by atoms with Crippen LogP contribution in [0.15, 0.2) is 41.3 Å². The van der Waals surface area contributed by atoms with Crippen LogP contribution in [0.25, 0.3) is 10.2 Å². The number of thioether (sulfide) groups is 1. The van der Waals surface area contributed by atoms with Crippen LogP contribution in [0.1, 0.15) is 21.5 Å². The summed E-state index contributed by atoms with van der Waals surface area (Å²) < 4.78 is 1.10. The van der Waals surface area contributed by atoms with Crippen molar-refractivity contribution in [2.24, 2.45) is 0 Å². The van der Waals surface area contributed by atoms with E-state index in [1.165, 1.54) is 16.9 Å². The first-order valence-electron chi connectivity index (χ1n) is 6.90. The number of rotatable bonds is 3. The second-order valence-corrected chi connectivity index (χ2v) is 7.04. The highest BCUT2D eigenvalue weighted by Crippen LogP contribution is 2.29. The number of thiazole rings is 1. The van der Waals surface area contributed by atoms with Crippen LogP contribution in [-0.2, 0) is 0 Å². The third-order valence-corrected chi connectivity index (χ3v) is 5.03. The van der Waals surface area contributed by atoms with E-state index in [1.54, 1.807) is 11.8 Å². The van der Waals surface area contributed by atoms with Gasteiger partial charge in [0.05, 0.1) is 10.2 Å². The molecular weight excluding hydrogens is 312 g/mol. The van der Waals surface area contributed by atoms with Gasteiger partial charge in [-0.05, 0) is 55.5 Å². The molecule has 0 fully saturated rings. The van der Waals surface area contributed by atoms with Crippen LogP contribution in [-0.4, -0.2) is 17.1 Å². The topological polar surface area (TPSA) is 42.0 Å². The number of fused-ring (bicyclic) bond motifs is 1. The van der Waals surface area contributed by atoms with E-state index in [0.29, 0.717) is 10.7 Å². The quantitative estimate of drug-likeness (QED) is 0.696. The lowest BCUT2D eigenvalue weighted by Crippen LogP contribution is -2.11. The molecule has 5 heteroatoms. The number of carbonyl (C=O) groups is 1. The molecule has 3 rings (SSSR count). The second kappa shape index (κ2) is 6.10. The number of aryl methyl sites for hydroxylation is 2. The summed E-state index contributed by atoms with van der Waals surface area (Å²) in [6.45, 7) is 4.11. The first kappa shape index (κ1) is 15.1. The van der Waals surface area contributed by atoms with Gasteiger partial charge in [-0.1, -0.05) is 23.5 Å². The molecule has 3 nitrogen and oxygen atoms in total. The van der Waals surface area contributed by atoms with Gasteiger partial charge in [0.1, 0.15) is 0 Å². The molecule has 0 aliphatic rings. The van der Waals surface area contributed by atoms with Gasteiger partial charge in [-0.2, -0.15) is 0 Å². The van der Waals surface area contributed by atoms with Gasteiger partial charge in [0.15, 0.2) is 5.13 Å². The van der Waals surface area contributed by atoms with Crippen molar-refractivity contribution in [1.82, 2.24) is 4.98 Å². The van der Waals surface area contributed by atoms with E-state index in [1.807, 2.05) is 37.4 Å². The Morgan fingerprint density at radius 1 is 1.23 bits per heavy atom. The Bertz CT molecular complexity index is 855. The molecule has 3 aromatic rings. The first-order chi connectivity index (χ1) is 10.6. The maximum Gasteiger partial charge on any atom is 0.257 e. The molecule has 112 valence electrons. The van der Waals surface area contributed by atoms with E-state index in [4.69, 9.17) is 0 Å². The predicted octanol–water partition coefficient (Wildman–Crippen LogP) is 4.89. The summed E-state index contributed by atoms with van der Waals surface area (Å²) in [6.07, 6.45) is 2.00. The summed E-state index contributed by atoms with van der Waals surface area (Å²) in [7, 11) is 0. The van der Waals surface area contributed by atoms with Gasteiger partial charge in [0, 0.05) is 10.5 Å². The number of benzene rings is 2. The molecule has 0 aliphatic heterocycles. The summed E-state index contributed by atoms with van der Waals surface area (Å²) in [4.78, 5) is 18.0. The van der Waals surface area contributed by atoms with E-state index < -0.39 is 0 Å². The van der Waals surface area contributed by atoms with Crippen molar-refractivity contribution in [3.05, 3.63) is 53.1 Å². The van der Waals surface area contributed by atoms with Crippen LogP contribution < -0.4 is 5.32 Å². The Hall–Kier alpha value is -1.85. The van der Waals surface area contributed by atoms with Crippen molar-refractivity contribution >= 4 is 44.4 Å². The van der Waals surface area contributed by atoms with Crippen molar-refractivity contribution in [2.45, 2.75) is 18.7 Å². The maximum absolute atomic E-state index is 12.4. The second-order valence-electron chi connectivity index (χ2n) is 5.13. The molecule has 0 aliphatic carbocycles. The molecule has 0 bridgehead atoms. The molecular formula is C17H16N2OS2. The van der Waals surface area contributed by atoms with Crippen molar-refractivity contribution < 1.29 is 4.79 Å². The minimum absolute atomic E-state index is 0.121. The lowest BCUT2D eigenvalue weighted by Gasteiger charge is -2.03. The number of nitrogens with zero attached hydrogens (tertiary/aromatic N) is 1. The van der Waals surface area contributed by atoms with E-state index in [2.05, 4.69) is 29.4 Å². The monoisotopic (exact) mass is 328 g/mol. The maximum atomic E-state index is 12.4. The molecule has 1 amide bonds. The van der Waals surface area contributed by atoms with E-state index in [-0.39, 0.29) is 5.91 Å². The molecule has 1 N–H and O–H groups in total. The molecule has 0 atom stereocenters. The smallest absolute Gasteiger partial charge is 0.257 e. The zero-order valence-electron chi connectivity index (χ0n) is 12.6. The Labute approximate surface area is 137 Å². The van der Waals surface area contributed by atoms with Crippen molar-refractivity contribution in [1.29, 1.82) is 0 Å². The number of aromatic nitrogens is 1. The number of anilines is 1. The van der Waals surface area contributed by atoms with Crippen LogP contribution in [0.4, 0.5) is 5.13 Å². The van der Waals surface area contributed by atoms with Crippen molar-refractivity contribution in [2.75, 3.05) is 11.6 Å². The lowest BCUT2D eigenvalue weighted by molar-refractivity contribution is 0.102. The average molecular weight is 328 g/mol. The fourth-order valence-corrected chi connectivity index (χ4v) is 3.85. The fourth-order valence-electron chi connectivity index (χ4n) is 2.36. The third-order valence-electron chi connectivity index (χ3n) is 3.38. The molecule has 22 heavy (non-hydrogen) atoms. The number of carbonyl (C=O) groups excluding carboxylic acids is 1. The Morgan fingerprint density at radius 3 is 2.82 bits per heavy atom. The molecule has 1 aromatic heterocycles. The summed E-state index contributed by atoms with van der Waals surface area (Å²) in [5, 5.41) is 3.55. The Kier molecular flexibility index (Phi) is 4.18. The van der Waals surface area contributed by atoms with Crippen molar-refractivity contribution in [3.63, 3.8) is 0 Å². The van der Waals surface area contributed by atoms with E-state index in [9.17, 15) is 4.79 Å².